The number of ether oxygens (including phenoxy) is 1. The van der Waals surface area contributed by atoms with E-state index in [1.54, 1.807) is 0 Å². The lowest BCUT2D eigenvalue weighted by molar-refractivity contribution is 0.0396. The van der Waals surface area contributed by atoms with Crippen LogP contribution in [-0.2, 0) is 4.74 Å². The second kappa shape index (κ2) is 8.96. The van der Waals surface area contributed by atoms with Crippen LogP contribution in [0.4, 0.5) is 0 Å². The van der Waals surface area contributed by atoms with Crippen molar-refractivity contribution in [1.82, 2.24) is 0 Å². The van der Waals surface area contributed by atoms with E-state index in [9.17, 15) is 0 Å². The van der Waals surface area contributed by atoms with Gasteiger partial charge in [-0.1, -0.05) is 65.2 Å². The first-order valence-corrected chi connectivity index (χ1v) is 8.17. The summed E-state index contributed by atoms with van der Waals surface area (Å²) in [6.07, 6.45) is 15.6. The molecule has 1 rings (SSSR count). The van der Waals surface area contributed by atoms with Gasteiger partial charge in [0.1, 0.15) is 0 Å². The molecule has 0 aromatic carbocycles. The number of hydrogen-bond donors (Lipinski definition) is 0. The van der Waals surface area contributed by atoms with Crippen LogP contribution in [0.3, 0.4) is 0 Å². The molecule has 0 aliphatic heterocycles. The van der Waals surface area contributed by atoms with Crippen molar-refractivity contribution in [2.75, 3.05) is 13.7 Å². The normalized spacial score (nSPS) is 19.3. The van der Waals surface area contributed by atoms with Gasteiger partial charge in [-0.15, -0.1) is 0 Å². The fourth-order valence-corrected chi connectivity index (χ4v) is 3.48. The summed E-state index contributed by atoms with van der Waals surface area (Å²) in [7, 11) is 1.87. The third-order valence-electron chi connectivity index (χ3n) is 4.60. The van der Waals surface area contributed by atoms with Gasteiger partial charge in [-0.3, -0.25) is 0 Å². The molecule has 1 nitrogen and oxygen atoms in total. The van der Waals surface area contributed by atoms with Crippen LogP contribution < -0.4 is 0 Å². The van der Waals surface area contributed by atoms with Crippen LogP contribution in [0.5, 0.6) is 0 Å². The Morgan fingerprint density at radius 1 is 0.944 bits per heavy atom. The zero-order valence-electron chi connectivity index (χ0n) is 13.0. The molecule has 1 aliphatic carbocycles. The fraction of sp³-hybridized carbons (Fsp3) is 1.00. The van der Waals surface area contributed by atoms with E-state index in [1.165, 1.54) is 70.6 Å². The smallest absolute Gasteiger partial charge is 0.0518 e. The van der Waals surface area contributed by atoms with Crippen LogP contribution in [0.25, 0.3) is 0 Å². The lowest BCUT2D eigenvalue weighted by Crippen LogP contribution is -2.29. The zero-order valence-corrected chi connectivity index (χ0v) is 13.0. The average molecular weight is 254 g/mol. The van der Waals surface area contributed by atoms with Gasteiger partial charge < -0.3 is 4.74 Å². The standard InChI is InChI=1S/C17H34O/c1-16(2)11-7-4-5-8-12-17(15-18-3)13-9-6-10-14-17/h16H,4-15H2,1-3H3. The summed E-state index contributed by atoms with van der Waals surface area (Å²) < 4.78 is 5.49. The minimum Gasteiger partial charge on any atom is -0.384 e. The monoisotopic (exact) mass is 254 g/mol. The molecular weight excluding hydrogens is 220 g/mol. The predicted molar refractivity (Wildman–Crippen MR) is 79.9 cm³/mol. The molecule has 1 saturated carbocycles. The maximum Gasteiger partial charge on any atom is 0.0518 e. The van der Waals surface area contributed by atoms with Gasteiger partial charge >= 0.3 is 0 Å². The Labute approximate surface area is 115 Å². The first-order valence-electron chi connectivity index (χ1n) is 8.17. The summed E-state index contributed by atoms with van der Waals surface area (Å²) in [6.45, 7) is 5.66. The lowest BCUT2D eigenvalue weighted by atomic mass is 9.71. The summed E-state index contributed by atoms with van der Waals surface area (Å²) in [5, 5.41) is 0. The Bertz CT molecular complexity index is 186. The minimum absolute atomic E-state index is 0.547. The highest BCUT2D eigenvalue weighted by Gasteiger charge is 2.31. The molecule has 0 aromatic rings. The van der Waals surface area contributed by atoms with Gasteiger partial charge in [0.25, 0.3) is 0 Å². The topological polar surface area (TPSA) is 9.23 Å². The highest BCUT2D eigenvalue weighted by Crippen LogP contribution is 2.40. The molecule has 108 valence electrons. The van der Waals surface area contributed by atoms with Crippen molar-refractivity contribution < 1.29 is 4.74 Å². The fourth-order valence-electron chi connectivity index (χ4n) is 3.48. The Kier molecular flexibility index (Phi) is 7.97. The lowest BCUT2D eigenvalue weighted by Gasteiger charge is -2.37. The van der Waals surface area contributed by atoms with Crippen LogP contribution in [0, 0.1) is 11.3 Å². The first-order chi connectivity index (χ1) is 8.68. The molecule has 0 heterocycles. The van der Waals surface area contributed by atoms with E-state index in [0.29, 0.717) is 5.41 Å². The van der Waals surface area contributed by atoms with E-state index in [-0.39, 0.29) is 0 Å². The highest BCUT2D eigenvalue weighted by atomic mass is 16.5. The Balaban J connectivity index is 2.13. The number of rotatable bonds is 9. The van der Waals surface area contributed by atoms with Gasteiger partial charge in [0, 0.05) is 7.11 Å². The third kappa shape index (κ3) is 6.22. The molecule has 0 bridgehead atoms. The van der Waals surface area contributed by atoms with E-state index in [1.807, 2.05) is 7.11 Å². The second-order valence-corrected chi connectivity index (χ2v) is 6.84. The molecule has 1 fully saturated rings. The maximum atomic E-state index is 5.49. The molecule has 0 radical (unpaired) electrons. The van der Waals surface area contributed by atoms with Crippen LogP contribution in [0.2, 0.25) is 0 Å². The summed E-state index contributed by atoms with van der Waals surface area (Å²) in [5.41, 5.74) is 0.547. The zero-order chi connectivity index (χ0) is 13.3. The van der Waals surface area contributed by atoms with Crippen molar-refractivity contribution in [3.8, 4) is 0 Å². The van der Waals surface area contributed by atoms with Crippen molar-refractivity contribution >= 4 is 0 Å². The maximum absolute atomic E-state index is 5.49. The van der Waals surface area contributed by atoms with E-state index in [4.69, 9.17) is 4.74 Å². The number of hydrogen-bond acceptors (Lipinski definition) is 1. The van der Waals surface area contributed by atoms with Gasteiger partial charge in [-0.05, 0) is 30.6 Å². The van der Waals surface area contributed by atoms with Crippen LogP contribution in [0.15, 0.2) is 0 Å². The van der Waals surface area contributed by atoms with E-state index in [0.717, 1.165) is 12.5 Å². The van der Waals surface area contributed by atoms with Gasteiger partial charge in [-0.25, -0.2) is 0 Å². The highest BCUT2D eigenvalue weighted by molar-refractivity contribution is 4.82. The van der Waals surface area contributed by atoms with E-state index in [2.05, 4.69) is 13.8 Å². The van der Waals surface area contributed by atoms with E-state index >= 15 is 0 Å². The number of unbranched alkanes of at least 4 members (excludes halogenated alkanes) is 3. The molecule has 0 unspecified atom stereocenters. The molecule has 0 spiro atoms. The van der Waals surface area contributed by atoms with Crippen molar-refractivity contribution in [1.29, 1.82) is 0 Å². The van der Waals surface area contributed by atoms with Crippen LogP contribution >= 0.6 is 0 Å². The molecule has 1 aliphatic rings. The average Bonchev–Trinajstić information content (AvgIpc) is 2.35. The van der Waals surface area contributed by atoms with Crippen LogP contribution in [-0.4, -0.2) is 13.7 Å². The predicted octanol–water partition coefficient (Wildman–Crippen LogP) is 5.58. The summed E-state index contributed by atoms with van der Waals surface area (Å²) in [4.78, 5) is 0. The largest absolute Gasteiger partial charge is 0.384 e. The van der Waals surface area contributed by atoms with Gasteiger partial charge in [0.05, 0.1) is 6.61 Å². The molecule has 0 N–H and O–H groups in total. The minimum atomic E-state index is 0.547. The molecule has 0 saturated heterocycles. The molecule has 0 aromatic heterocycles. The Morgan fingerprint density at radius 2 is 1.61 bits per heavy atom. The van der Waals surface area contributed by atoms with Gasteiger partial charge in [0.15, 0.2) is 0 Å². The third-order valence-corrected chi connectivity index (χ3v) is 4.60. The summed E-state index contributed by atoms with van der Waals surface area (Å²) in [5.74, 6) is 0.878. The first kappa shape index (κ1) is 16.0. The van der Waals surface area contributed by atoms with Crippen molar-refractivity contribution in [2.45, 2.75) is 84.5 Å². The molecule has 1 heteroatoms. The Morgan fingerprint density at radius 3 is 2.22 bits per heavy atom. The van der Waals surface area contributed by atoms with Crippen molar-refractivity contribution in [2.24, 2.45) is 11.3 Å². The SMILES string of the molecule is COCC1(CCCCCCC(C)C)CCCCC1. The number of methoxy groups -OCH3 is 1. The molecular formula is C17H34O. The summed E-state index contributed by atoms with van der Waals surface area (Å²) >= 11 is 0. The van der Waals surface area contributed by atoms with Crippen molar-refractivity contribution in [3.63, 3.8) is 0 Å². The molecule has 18 heavy (non-hydrogen) atoms. The molecule has 0 amide bonds. The van der Waals surface area contributed by atoms with Crippen molar-refractivity contribution in [3.05, 3.63) is 0 Å². The van der Waals surface area contributed by atoms with Gasteiger partial charge in [-0.2, -0.15) is 0 Å². The van der Waals surface area contributed by atoms with E-state index < -0.39 is 0 Å². The Hall–Kier alpha value is -0.0400. The second-order valence-electron chi connectivity index (χ2n) is 6.84. The summed E-state index contributed by atoms with van der Waals surface area (Å²) in [6, 6.07) is 0. The molecule has 0 atom stereocenters. The quantitative estimate of drug-likeness (QED) is 0.488. The van der Waals surface area contributed by atoms with Gasteiger partial charge in [0.2, 0.25) is 0 Å². The van der Waals surface area contributed by atoms with Crippen LogP contribution in [0.1, 0.15) is 84.5 Å².